The number of carbonyl (C=O) groups excluding carboxylic acids is 1. The zero-order valence-electron chi connectivity index (χ0n) is 9.75. The molecule has 0 bridgehead atoms. The normalized spacial score (nSPS) is 20.1. The Labute approximate surface area is 90.9 Å². The SMILES string of the molecule is CC(=O)OC(C)(C)CCCOCC1CO1. The van der Waals surface area contributed by atoms with Gasteiger partial charge in [0.25, 0.3) is 0 Å². The summed E-state index contributed by atoms with van der Waals surface area (Å²) in [4.78, 5) is 10.8. The molecule has 0 aromatic heterocycles. The second-order valence-electron chi connectivity index (χ2n) is 4.49. The minimum Gasteiger partial charge on any atom is -0.460 e. The van der Waals surface area contributed by atoms with Crippen LogP contribution in [0.3, 0.4) is 0 Å². The van der Waals surface area contributed by atoms with Crippen LogP contribution in [0.15, 0.2) is 0 Å². The fourth-order valence-corrected chi connectivity index (χ4v) is 1.42. The lowest BCUT2D eigenvalue weighted by molar-refractivity contribution is -0.154. The second-order valence-corrected chi connectivity index (χ2v) is 4.49. The van der Waals surface area contributed by atoms with Crippen molar-refractivity contribution in [1.82, 2.24) is 0 Å². The number of epoxide rings is 1. The fourth-order valence-electron chi connectivity index (χ4n) is 1.42. The summed E-state index contributed by atoms with van der Waals surface area (Å²) < 4.78 is 15.6. The highest BCUT2D eigenvalue weighted by Gasteiger charge is 2.23. The van der Waals surface area contributed by atoms with E-state index < -0.39 is 0 Å². The summed E-state index contributed by atoms with van der Waals surface area (Å²) in [5.41, 5.74) is -0.384. The maximum atomic E-state index is 10.8. The highest BCUT2D eigenvalue weighted by Crippen LogP contribution is 2.17. The average molecular weight is 216 g/mol. The fraction of sp³-hybridized carbons (Fsp3) is 0.909. The van der Waals surface area contributed by atoms with Gasteiger partial charge in [-0.3, -0.25) is 4.79 Å². The molecule has 0 aromatic carbocycles. The van der Waals surface area contributed by atoms with Crippen LogP contribution in [-0.2, 0) is 19.0 Å². The Morgan fingerprint density at radius 2 is 2.20 bits per heavy atom. The maximum Gasteiger partial charge on any atom is 0.303 e. The smallest absolute Gasteiger partial charge is 0.303 e. The van der Waals surface area contributed by atoms with Crippen molar-refractivity contribution in [1.29, 1.82) is 0 Å². The molecule has 1 saturated heterocycles. The molecule has 1 heterocycles. The molecule has 1 atom stereocenters. The van der Waals surface area contributed by atoms with Gasteiger partial charge >= 0.3 is 5.97 Å². The molecule has 15 heavy (non-hydrogen) atoms. The Bertz CT molecular complexity index is 209. The lowest BCUT2D eigenvalue weighted by Crippen LogP contribution is -2.27. The highest BCUT2D eigenvalue weighted by molar-refractivity contribution is 5.66. The van der Waals surface area contributed by atoms with Gasteiger partial charge in [0.2, 0.25) is 0 Å². The molecular formula is C11H20O4. The third-order valence-corrected chi connectivity index (χ3v) is 2.19. The number of hydrogen-bond donors (Lipinski definition) is 0. The van der Waals surface area contributed by atoms with E-state index in [1.54, 1.807) is 0 Å². The second kappa shape index (κ2) is 5.47. The molecule has 0 amide bonds. The van der Waals surface area contributed by atoms with Crippen LogP contribution in [0.5, 0.6) is 0 Å². The number of esters is 1. The molecule has 1 fully saturated rings. The molecule has 0 spiro atoms. The molecule has 1 aliphatic heterocycles. The molecule has 1 rings (SSSR count). The van der Waals surface area contributed by atoms with E-state index in [1.807, 2.05) is 13.8 Å². The summed E-state index contributed by atoms with van der Waals surface area (Å²) in [5, 5.41) is 0. The van der Waals surface area contributed by atoms with Crippen LogP contribution in [0.1, 0.15) is 33.6 Å². The third-order valence-electron chi connectivity index (χ3n) is 2.19. The highest BCUT2D eigenvalue weighted by atomic mass is 16.6. The maximum absolute atomic E-state index is 10.8. The first-order valence-electron chi connectivity index (χ1n) is 5.38. The summed E-state index contributed by atoms with van der Waals surface area (Å²) in [6.07, 6.45) is 2.04. The largest absolute Gasteiger partial charge is 0.460 e. The van der Waals surface area contributed by atoms with Crippen LogP contribution < -0.4 is 0 Å². The van der Waals surface area contributed by atoms with E-state index in [0.717, 1.165) is 19.4 Å². The minimum atomic E-state index is -0.384. The van der Waals surface area contributed by atoms with E-state index >= 15 is 0 Å². The van der Waals surface area contributed by atoms with Gasteiger partial charge < -0.3 is 14.2 Å². The van der Waals surface area contributed by atoms with Gasteiger partial charge in [0, 0.05) is 13.5 Å². The average Bonchev–Trinajstić information content (AvgIpc) is 2.84. The first kappa shape index (κ1) is 12.5. The lowest BCUT2D eigenvalue weighted by Gasteiger charge is -2.24. The van der Waals surface area contributed by atoms with E-state index in [-0.39, 0.29) is 11.6 Å². The number of rotatable bonds is 7. The first-order chi connectivity index (χ1) is 6.99. The zero-order valence-corrected chi connectivity index (χ0v) is 9.75. The van der Waals surface area contributed by atoms with Crippen molar-refractivity contribution in [3.8, 4) is 0 Å². The quantitative estimate of drug-likeness (QED) is 0.368. The third kappa shape index (κ3) is 6.47. The van der Waals surface area contributed by atoms with E-state index in [2.05, 4.69) is 0 Å². The Balaban J connectivity index is 1.98. The van der Waals surface area contributed by atoms with E-state index in [0.29, 0.717) is 19.3 Å². The molecule has 0 aliphatic carbocycles. The predicted molar refractivity (Wildman–Crippen MR) is 55.6 cm³/mol. The van der Waals surface area contributed by atoms with Crippen molar-refractivity contribution in [2.24, 2.45) is 0 Å². The summed E-state index contributed by atoms with van der Waals surface area (Å²) in [6, 6.07) is 0. The number of ether oxygens (including phenoxy) is 3. The van der Waals surface area contributed by atoms with Crippen LogP contribution in [0.2, 0.25) is 0 Å². The number of carbonyl (C=O) groups is 1. The van der Waals surface area contributed by atoms with Gasteiger partial charge in [-0.05, 0) is 26.7 Å². The standard InChI is InChI=1S/C11H20O4/c1-9(12)15-11(2,3)5-4-6-13-7-10-8-14-10/h10H,4-8H2,1-3H3. The summed E-state index contributed by atoms with van der Waals surface area (Å²) >= 11 is 0. The van der Waals surface area contributed by atoms with Crippen LogP contribution in [-0.4, -0.2) is 37.5 Å². The van der Waals surface area contributed by atoms with Crippen molar-refractivity contribution < 1.29 is 19.0 Å². The van der Waals surface area contributed by atoms with Crippen molar-refractivity contribution in [3.05, 3.63) is 0 Å². The predicted octanol–water partition coefficient (Wildman–Crippen LogP) is 1.52. The van der Waals surface area contributed by atoms with Gasteiger partial charge in [0.05, 0.1) is 13.2 Å². The van der Waals surface area contributed by atoms with Gasteiger partial charge in [0.1, 0.15) is 11.7 Å². The molecule has 0 aromatic rings. The molecule has 1 aliphatic rings. The molecule has 88 valence electrons. The Hall–Kier alpha value is -0.610. The van der Waals surface area contributed by atoms with E-state index in [9.17, 15) is 4.79 Å². The minimum absolute atomic E-state index is 0.229. The van der Waals surface area contributed by atoms with Crippen molar-refractivity contribution in [3.63, 3.8) is 0 Å². The summed E-state index contributed by atoms with van der Waals surface area (Å²) in [6.45, 7) is 7.48. The van der Waals surface area contributed by atoms with Gasteiger partial charge in [-0.25, -0.2) is 0 Å². The van der Waals surface area contributed by atoms with Gasteiger partial charge in [0.15, 0.2) is 0 Å². The van der Waals surface area contributed by atoms with Crippen LogP contribution in [0.4, 0.5) is 0 Å². The van der Waals surface area contributed by atoms with Crippen LogP contribution in [0, 0.1) is 0 Å². The number of hydrogen-bond acceptors (Lipinski definition) is 4. The zero-order chi connectivity index (χ0) is 11.3. The lowest BCUT2D eigenvalue weighted by atomic mass is 10.0. The van der Waals surface area contributed by atoms with Crippen LogP contribution in [0.25, 0.3) is 0 Å². The van der Waals surface area contributed by atoms with Crippen molar-refractivity contribution >= 4 is 5.97 Å². The van der Waals surface area contributed by atoms with Crippen molar-refractivity contribution in [2.75, 3.05) is 19.8 Å². The van der Waals surface area contributed by atoms with Gasteiger partial charge in [-0.15, -0.1) is 0 Å². The van der Waals surface area contributed by atoms with Crippen LogP contribution >= 0.6 is 0 Å². The molecule has 4 nitrogen and oxygen atoms in total. The van der Waals surface area contributed by atoms with Gasteiger partial charge in [-0.2, -0.15) is 0 Å². The molecule has 0 N–H and O–H groups in total. The van der Waals surface area contributed by atoms with E-state index in [4.69, 9.17) is 14.2 Å². The topological polar surface area (TPSA) is 48.1 Å². The van der Waals surface area contributed by atoms with E-state index in [1.165, 1.54) is 6.92 Å². The molecular weight excluding hydrogens is 196 g/mol. The summed E-state index contributed by atoms with van der Waals surface area (Å²) in [7, 11) is 0. The Kier molecular flexibility index (Phi) is 4.54. The molecule has 4 heteroatoms. The molecule has 1 unspecified atom stereocenters. The molecule has 0 radical (unpaired) electrons. The summed E-state index contributed by atoms with van der Waals surface area (Å²) in [5.74, 6) is -0.229. The van der Waals surface area contributed by atoms with Crippen molar-refractivity contribution in [2.45, 2.75) is 45.3 Å². The first-order valence-corrected chi connectivity index (χ1v) is 5.38. The Morgan fingerprint density at radius 1 is 1.53 bits per heavy atom. The monoisotopic (exact) mass is 216 g/mol. The molecule has 0 saturated carbocycles. The Morgan fingerprint density at radius 3 is 2.73 bits per heavy atom. The van der Waals surface area contributed by atoms with Gasteiger partial charge in [-0.1, -0.05) is 0 Å².